The van der Waals surface area contributed by atoms with Crippen LogP contribution in [0.5, 0.6) is 0 Å². The van der Waals surface area contributed by atoms with Gasteiger partial charge in [-0.15, -0.1) is 32.6 Å². The van der Waals surface area contributed by atoms with Crippen LogP contribution in [0.25, 0.3) is 0 Å². The van der Waals surface area contributed by atoms with Gasteiger partial charge < -0.3 is 15.5 Å². The minimum absolute atomic E-state index is 0.119. The van der Waals surface area contributed by atoms with Crippen LogP contribution in [0.4, 0.5) is 4.79 Å². The standard InChI is InChI=1S/C13H24N2O.C4H7NO.C2H4.C2H2/c1-3-4-5-6-7-10-14-13(16)15-11-8-9-12(15)2;6-3-5-4-1-2-4;2*1-2/h3,12H,1,4-11H2,2H3,(H,14,16);3-4H,1-2H2,(H,5,6);1-2H2;1-2H/t12-;;;/m1.../s1. The molecule has 0 aromatic rings. The summed E-state index contributed by atoms with van der Waals surface area (Å²) in [4.78, 5) is 23.2. The molecular weight excluding hydrogens is 326 g/mol. The Bertz CT molecular complexity index is 392. The Morgan fingerprint density at radius 2 is 1.85 bits per heavy atom. The molecule has 1 saturated heterocycles. The first kappa shape index (κ1) is 26.0. The molecule has 148 valence electrons. The van der Waals surface area contributed by atoms with E-state index in [-0.39, 0.29) is 6.03 Å². The maximum atomic E-state index is 11.7. The zero-order valence-corrected chi connectivity index (χ0v) is 16.4. The highest BCUT2D eigenvalue weighted by molar-refractivity contribution is 5.74. The third kappa shape index (κ3) is 14.2. The normalized spacial score (nSPS) is 17.0. The van der Waals surface area contributed by atoms with Gasteiger partial charge in [-0.3, -0.25) is 4.79 Å². The molecule has 1 saturated carbocycles. The molecule has 2 fully saturated rings. The number of allylic oxidation sites excluding steroid dienone is 1. The quantitative estimate of drug-likeness (QED) is 0.298. The number of likely N-dealkylation sites (tertiary alicyclic amines) is 1. The Morgan fingerprint density at radius 1 is 1.19 bits per heavy atom. The molecule has 0 radical (unpaired) electrons. The zero-order valence-electron chi connectivity index (χ0n) is 16.4. The molecule has 0 unspecified atom stereocenters. The van der Waals surface area contributed by atoms with Gasteiger partial charge in [0.05, 0.1) is 0 Å². The summed E-state index contributed by atoms with van der Waals surface area (Å²) in [5.41, 5.74) is 0. The molecule has 26 heavy (non-hydrogen) atoms. The summed E-state index contributed by atoms with van der Waals surface area (Å²) in [5, 5.41) is 5.63. The highest BCUT2D eigenvalue weighted by atomic mass is 16.2. The van der Waals surface area contributed by atoms with Crippen molar-refractivity contribution >= 4 is 12.4 Å². The summed E-state index contributed by atoms with van der Waals surface area (Å²) >= 11 is 0. The largest absolute Gasteiger partial charge is 0.356 e. The lowest BCUT2D eigenvalue weighted by molar-refractivity contribution is -0.109. The third-order valence-electron chi connectivity index (χ3n) is 4.06. The molecule has 0 bridgehead atoms. The van der Waals surface area contributed by atoms with Crippen LogP contribution in [0.3, 0.4) is 0 Å². The first-order chi connectivity index (χ1) is 12.7. The summed E-state index contributed by atoms with van der Waals surface area (Å²) < 4.78 is 0. The predicted octanol–water partition coefficient (Wildman–Crippen LogP) is 3.87. The topological polar surface area (TPSA) is 61.4 Å². The average molecular weight is 364 g/mol. The van der Waals surface area contributed by atoms with Crippen molar-refractivity contribution in [3.63, 3.8) is 0 Å². The van der Waals surface area contributed by atoms with Crippen LogP contribution in [0, 0.1) is 12.8 Å². The SMILES string of the molecule is C#C.C=C.C=CCCCCCNC(=O)N1CCC[C@H]1C.O=CNC1CC1. The van der Waals surface area contributed by atoms with E-state index in [9.17, 15) is 9.59 Å². The molecule has 0 aromatic carbocycles. The van der Waals surface area contributed by atoms with Crippen molar-refractivity contribution in [3.05, 3.63) is 25.8 Å². The van der Waals surface area contributed by atoms with Crippen molar-refractivity contribution in [1.82, 2.24) is 15.5 Å². The highest BCUT2D eigenvalue weighted by Gasteiger charge is 2.24. The summed E-state index contributed by atoms with van der Waals surface area (Å²) in [6.45, 7) is 13.5. The average Bonchev–Trinajstić information content (AvgIpc) is 3.40. The van der Waals surface area contributed by atoms with Crippen LogP contribution in [-0.2, 0) is 4.79 Å². The lowest BCUT2D eigenvalue weighted by atomic mass is 10.2. The fraction of sp³-hybridized carbons (Fsp3) is 0.619. The number of urea groups is 1. The van der Waals surface area contributed by atoms with Gasteiger partial charge in [-0.05, 0) is 51.9 Å². The van der Waals surface area contributed by atoms with Crippen molar-refractivity contribution < 1.29 is 9.59 Å². The molecule has 0 aromatic heterocycles. The van der Waals surface area contributed by atoms with Crippen LogP contribution < -0.4 is 10.6 Å². The van der Waals surface area contributed by atoms with Gasteiger partial charge in [-0.2, -0.15) is 0 Å². The third-order valence-corrected chi connectivity index (χ3v) is 4.06. The van der Waals surface area contributed by atoms with Gasteiger partial charge in [0, 0.05) is 25.2 Å². The second kappa shape index (κ2) is 19.1. The number of terminal acetylenes is 1. The molecule has 2 aliphatic rings. The molecule has 0 spiro atoms. The molecule has 1 aliphatic carbocycles. The molecule has 1 atom stereocenters. The van der Waals surface area contributed by atoms with Gasteiger partial charge in [0.2, 0.25) is 6.41 Å². The Labute approximate surface area is 160 Å². The molecule has 1 aliphatic heterocycles. The Kier molecular flexibility index (Phi) is 19.1. The van der Waals surface area contributed by atoms with E-state index in [4.69, 9.17) is 0 Å². The number of nitrogens with one attached hydrogen (secondary N) is 2. The van der Waals surface area contributed by atoms with E-state index in [0.717, 1.165) is 45.2 Å². The molecule has 5 nitrogen and oxygen atoms in total. The van der Waals surface area contributed by atoms with Crippen molar-refractivity contribution in [3.8, 4) is 12.8 Å². The molecule has 2 rings (SSSR count). The van der Waals surface area contributed by atoms with Crippen LogP contribution in [0.15, 0.2) is 25.8 Å². The van der Waals surface area contributed by atoms with E-state index in [0.29, 0.717) is 12.1 Å². The number of rotatable bonds is 8. The monoisotopic (exact) mass is 363 g/mol. The number of carbonyl (C=O) groups is 2. The van der Waals surface area contributed by atoms with Crippen LogP contribution in [-0.4, -0.2) is 42.5 Å². The fourth-order valence-electron chi connectivity index (χ4n) is 2.47. The Balaban J connectivity index is 0. The van der Waals surface area contributed by atoms with E-state index in [2.05, 4.69) is 50.1 Å². The van der Waals surface area contributed by atoms with Crippen LogP contribution >= 0.6 is 0 Å². The number of amides is 3. The van der Waals surface area contributed by atoms with Crippen molar-refractivity contribution in [1.29, 1.82) is 0 Å². The van der Waals surface area contributed by atoms with Crippen LogP contribution in [0.2, 0.25) is 0 Å². The minimum Gasteiger partial charge on any atom is -0.356 e. The predicted molar refractivity (Wildman–Crippen MR) is 111 cm³/mol. The van der Waals surface area contributed by atoms with Crippen LogP contribution in [0.1, 0.15) is 58.3 Å². The Morgan fingerprint density at radius 3 is 2.27 bits per heavy atom. The van der Waals surface area contributed by atoms with Gasteiger partial charge in [-0.1, -0.05) is 12.5 Å². The first-order valence-electron chi connectivity index (χ1n) is 9.37. The maximum Gasteiger partial charge on any atom is 0.317 e. The van der Waals surface area contributed by atoms with Gasteiger partial charge in [0.25, 0.3) is 0 Å². The number of unbranched alkanes of at least 4 members (excludes halogenated alkanes) is 3. The van der Waals surface area contributed by atoms with E-state index >= 15 is 0 Å². The smallest absolute Gasteiger partial charge is 0.317 e. The fourth-order valence-corrected chi connectivity index (χ4v) is 2.47. The minimum atomic E-state index is 0.119. The Hall–Kier alpha value is -2.22. The molecule has 1 heterocycles. The summed E-state index contributed by atoms with van der Waals surface area (Å²) in [6, 6.07) is 1.07. The number of hydrogen-bond acceptors (Lipinski definition) is 2. The van der Waals surface area contributed by atoms with E-state index < -0.39 is 0 Å². The summed E-state index contributed by atoms with van der Waals surface area (Å²) in [6.07, 6.45) is 19.9. The summed E-state index contributed by atoms with van der Waals surface area (Å²) in [5.74, 6) is 0. The van der Waals surface area contributed by atoms with Crippen molar-refractivity contribution in [2.24, 2.45) is 0 Å². The molecule has 2 N–H and O–H groups in total. The summed E-state index contributed by atoms with van der Waals surface area (Å²) in [7, 11) is 0. The van der Waals surface area contributed by atoms with E-state index in [1.807, 2.05) is 11.0 Å². The first-order valence-corrected chi connectivity index (χ1v) is 9.37. The number of nitrogens with zero attached hydrogens (tertiary/aromatic N) is 1. The second-order valence-corrected chi connectivity index (χ2v) is 6.11. The van der Waals surface area contributed by atoms with Crippen molar-refractivity contribution in [2.45, 2.75) is 70.4 Å². The van der Waals surface area contributed by atoms with Gasteiger partial charge in [0.1, 0.15) is 0 Å². The number of carbonyl (C=O) groups excluding carboxylic acids is 2. The van der Waals surface area contributed by atoms with Gasteiger partial charge in [-0.25, -0.2) is 4.79 Å². The maximum absolute atomic E-state index is 11.7. The molecule has 3 amide bonds. The van der Waals surface area contributed by atoms with Gasteiger partial charge >= 0.3 is 6.03 Å². The highest BCUT2D eigenvalue weighted by Crippen LogP contribution is 2.17. The number of hydrogen-bond donors (Lipinski definition) is 2. The van der Waals surface area contributed by atoms with Gasteiger partial charge in [0.15, 0.2) is 0 Å². The lowest BCUT2D eigenvalue weighted by Crippen LogP contribution is -2.41. The zero-order chi connectivity index (χ0) is 20.2. The molecule has 5 heteroatoms. The second-order valence-electron chi connectivity index (χ2n) is 6.11. The van der Waals surface area contributed by atoms with E-state index in [1.54, 1.807) is 0 Å². The lowest BCUT2D eigenvalue weighted by Gasteiger charge is -2.21. The molecular formula is C21H37N3O2. The van der Waals surface area contributed by atoms with E-state index in [1.165, 1.54) is 25.7 Å². The van der Waals surface area contributed by atoms with Crippen molar-refractivity contribution in [2.75, 3.05) is 13.1 Å².